The Morgan fingerprint density at radius 2 is 2.11 bits per heavy atom. The summed E-state index contributed by atoms with van der Waals surface area (Å²) in [4.78, 5) is 19.8. The van der Waals surface area contributed by atoms with Gasteiger partial charge in [0, 0.05) is 11.1 Å². The van der Waals surface area contributed by atoms with Crippen LogP contribution in [0.2, 0.25) is 5.02 Å². The predicted molar refractivity (Wildman–Crippen MR) is 65.5 cm³/mol. The number of carboxylic acids is 1. The summed E-state index contributed by atoms with van der Waals surface area (Å²) in [5.74, 6) is -1.40. The third-order valence-electron chi connectivity index (χ3n) is 2.11. The number of carboxylic acid groups (broad SMARTS) is 1. The van der Waals surface area contributed by atoms with Gasteiger partial charge in [0.1, 0.15) is 6.04 Å². The number of aliphatic carboxylic acids is 1. The minimum Gasteiger partial charge on any atom is -0.480 e. The standard InChI is InChI=1S/C9H9ClN2O6S/c1-5(9(13)14)11-19(17,18)8-3-2-6(10)4-7(8)12(15)16/h2-5,11H,1H3,(H,13,14)/t5-/m0/s1. The van der Waals surface area contributed by atoms with Gasteiger partial charge < -0.3 is 5.11 Å². The van der Waals surface area contributed by atoms with Crippen LogP contribution in [0.25, 0.3) is 0 Å². The number of benzene rings is 1. The maximum atomic E-state index is 11.9. The van der Waals surface area contributed by atoms with Gasteiger partial charge in [0.25, 0.3) is 5.69 Å². The lowest BCUT2D eigenvalue weighted by atomic mass is 10.3. The van der Waals surface area contributed by atoms with E-state index in [9.17, 15) is 23.3 Å². The Balaban J connectivity index is 3.29. The largest absolute Gasteiger partial charge is 0.480 e. The van der Waals surface area contributed by atoms with Crippen molar-refractivity contribution in [1.82, 2.24) is 4.72 Å². The van der Waals surface area contributed by atoms with E-state index in [1.54, 1.807) is 0 Å². The second kappa shape index (κ2) is 5.51. The molecule has 1 atom stereocenters. The van der Waals surface area contributed by atoms with Crippen LogP contribution in [-0.2, 0) is 14.8 Å². The molecule has 19 heavy (non-hydrogen) atoms. The van der Waals surface area contributed by atoms with Gasteiger partial charge in [0.2, 0.25) is 10.0 Å². The van der Waals surface area contributed by atoms with Crippen molar-refractivity contribution in [3.8, 4) is 0 Å². The summed E-state index contributed by atoms with van der Waals surface area (Å²) in [7, 11) is -4.33. The third kappa shape index (κ3) is 3.63. The van der Waals surface area contributed by atoms with Gasteiger partial charge >= 0.3 is 5.97 Å². The summed E-state index contributed by atoms with van der Waals surface area (Å²) in [5.41, 5.74) is -0.724. The Hall–Kier alpha value is -1.71. The number of hydrogen-bond donors (Lipinski definition) is 2. The first-order valence-corrected chi connectivity index (χ1v) is 6.70. The maximum Gasteiger partial charge on any atom is 0.321 e. The van der Waals surface area contributed by atoms with Crippen molar-refractivity contribution < 1.29 is 23.2 Å². The number of halogens is 1. The Morgan fingerprint density at radius 3 is 2.58 bits per heavy atom. The molecule has 0 fully saturated rings. The van der Waals surface area contributed by atoms with Crippen molar-refractivity contribution in [2.75, 3.05) is 0 Å². The average molecular weight is 309 g/mol. The van der Waals surface area contributed by atoms with E-state index in [1.165, 1.54) is 0 Å². The lowest BCUT2D eigenvalue weighted by molar-refractivity contribution is -0.387. The number of nitrogens with zero attached hydrogens (tertiary/aromatic N) is 1. The summed E-state index contributed by atoms with van der Waals surface area (Å²) >= 11 is 5.55. The second-order valence-corrected chi connectivity index (χ2v) is 5.67. The van der Waals surface area contributed by atoms with Crippen LogP contribution in [0, 0.1) is 10.1 Å². The third-order valence-corrected chi connectivity index (χ3v) is 3.93. The van der Waals surface area contributed by atoms with E-state index in [4.69, 9.17) is 16.7 Å². The van der Waals surface area contributed by atoms with Gasteiger partial charge in [-0.2, -0.15) is 4.72 Å². The molecule has 104 valence electrons. The van der Waals surface area contributed by atoms with E-state index >= 15 is 0 Å². The van der Waals surface area contributed by atoms with Gasteiger partial charge in [0.05, 0.1) is 4.92 Å². The van der Waals surface area contributed by atoms with Crippen LogP contribution in [0.3, 0.4) is 0 Å². The van der Waals surface area contributed by atoms with E-state index in [2.05, 4.69) is 0 Å². The molecule has 0 aliphatic rings. The van der Waals surface area contributed by atoms with Crippen molar-refractivity contribution in [2.45, 2.75) is 17.9 Å². The van der Waals surface area contributed by atoms with E-state index in [1.807, 2.05) is 4.72 Å². The van der Waals surface area contributed by atoms with Crippen LogP contribution < -0.4 is 4.72 Å². The molecule has 0 heterocycles. The molecular weight excluding hydrogens is 300 g/mol. The van der Waals surface area contributed by atoms with Crippen LogP contribution in [0.4, 0.5) is 5.69 Å². The fourth-order valence-corrected chi connectivity index (χ4v) is 2.72. The van der Waals surface area contributed by atoms with Gasteiger partial charge in [-0.05, 0) is 19.1 Å². The lowest BCUT2D eigenvalue weighted by Gasteiger charge is -2.10. The molecule has 0 amide bonds. The smallest absolute Gasteiger partial charge is 0.321 e. The van der Waals surface area contributed by atoms with E-state index in [0.29, 0.717) is 0 Å². The summed E-state index contributed by atoms with van der Waals surface area (Å²) in [6.45, 7) is 1.10. The van der Waals surface area contributed by atoms with Gasteiger partial charge in [-0.1, -0.05) is 11.6 Å². The molecule has 1 rings (SSSR count). The topological polar surface area (TPSA) is 127 Å². The summed E-state index contributed by atoms with van der Waals surface area (Å²) in [6, 6.07) is 1.56. The van der Waals surface area contributed by atoms with Crippen LogP contribution in [0.5, 0.6) is 0 Å². The minimum atomic E-state index is -4.33. The van der Waals surface area contributed by atoms with E-state index < -0.39 is 37.5 Å². The molecule has 0 aromatic heterocycles. The fraction of sp³-hybridized carbons (Fsp3) is 0.222. The Morgan fingerprint density at radius 1 is 1.53 bits per heavy atom. The zero-order chi connectivity index (χ0) is 14.8. The highest BCUT2D eigenvalue weighted by molar-refractivity contribution is 7.89. The maximum absolute atomic E-state index is 11.9. The summed E-state index contributed by atoms with van der Waals surface area (Å²) in [6.07, 6.45) is 0. The first-order valence-electron chi connectivity index (χ1n) is 4.84. The highest BCUT2D eigenvalue weighted by Gasteiger charge is 2.29. The Bertz CT molecular complexity index is 630. The zero-order valence-corrected chi connectivity index (χ0v) is 11.1. The molecule has 0 unspecified atom stereocenters. The molecule has 0 saturated heterocycles. The summed E-state index contributed by atoms with van der Waals surface area (Å²) in [5, 5.41) is 19.4. The zero-order valence-electron chi connectivity index (χ0n) is 9.53. The van der Waals surface area contributed by atoms with Crippen molar-refractivity contribution in [3.05, 3.63) is 33.3 Å². The molecule has 10 heteroatoms. The molecule has 0 aliphatic carbocycles. The monoisotopic (exact) mass is 308 g/mol. The van der Waals surface area contributed by atoms with Crippen molar-refractivity contribution >= 4 is 33.3 Å². The molecule has 0 spiro atoms. The second-order valence-electron chi connectivity index (χ2n) is 3.55. The van der Waals surface area contributed by atoms with E-state index in [0.717, 1.165) is 25.1 Å². The highest BCUT2D eigenvalue weighted by Crippen LogP contribution is 2.27. The first kappa shape index (κ1) is 15.3. The van der Waals surface area contributed by atoms with Gasteiger partial charge in [-0.3, -0.25) is 14.9 Å². The van der Waals surface area contributed by atoms with Crippen LogP contribution in [-0.4, -0.2) is 30.5 Å². The quantitative estimate of drug-likeness (QED) is 0.617. The molecule has 0 radical (unpaired) electrons. The van der Waals surface area contributed by atoms with E-state index in [-0.39, 0.29) is 5.02 Å². The van der Waals surface area contributed by atoms with Crippen molar-refractivity contribution in [3.63, 3.8) is 0 Å². The number of carbonyl (C=O) groups is 1. The van der Waals surface area contributed by atoms with Crippen LogP contribution in [0.15, 0.2) is 23.1 Å². The van der Waals surface area contributed by atoms with Crippen LogP contribution >= 0.6 is 11.6 Å². The highest BCUT2D eigenvalue weighted by atomic mass is 35.5. The lowest BCUT2D eigenvalue weighted by Crippen LogP contribution is -2.38. The fourth-order valence-electron chi connectivity index (χ4n) is 1.21. The molecule has 0 aliphatic heterocycles. The minimum absolute atomic E-state index is 0.00284. The van der Waals surface area contributed by atoms with Crippen molar-refractivity contribution in [1.29, 1.82) is 0 Å². The first-order chi connectivity index (χ1) is 8.65. The number of sulfonamides is 1. The SMILES string of the molecule is C[C@H](NS(=O)(=O)c1ccc(Cl)cc1[N+](=O)[O-])C(=O)O. The summed E-state index contributed by atoms with van der Waals surface area (Å²) < 4.78 is 25.5. The number of hydrogen-bond acceptors (Lipinski definition) is 5. The van der Waals surface area contributed by atoms with Gasteiger partial charge in [0.15, 0.2) is 4.90 Å². The predicted octanol–water partition coefficient (Wildman–Crippen LogP) is 1.000. The normalized spacial score (nSPS) is 12.9. The number of nitrogens with one attached hydrogen (secondary N) is 1. The van der Waals surface area contributed by atoms with Gasteiger partial charge in [-0.15, -0.1) is 0 Å². The number of nitro benzene ring substituents is 1. The Labute approximate surface area is 113 Å². The Kier molecular flexibility index (Phi) is 4.45. The number of rotatable bonds is 5. The molecule has 1 aromatic rings. The molecule has 2 N–H and O–H groups in total. The van der Waals surface area contributed by atoms with Gasteiger partial charge in [-0.25, -0.2) is 8.42 Å². The molecule has 0 saturated carbocycles. The average Bonchev–Trinajstić information content (AvgIpc) is 2.27. The molecular formula is C9H9ClN2O6S. The molecule has 8 nitrogen and oxygen atoms in total. The molecule has 1 aromatic carbocycles. The van der Waals surface area contributed by atoms with Crippen molar-refractivity contribution in [2.24, 2.45) is 0 Å². The molecule has 0 bridgehead atoms. The number of nitro groups is 1. The van der Waals surface area contributed by atoms with Crippen LogP contribution in [0.1, 0.15) is 6.92 Å².